The van der Waals surface area contributed by atoms with Crippen LogP contribution in [0.1, 0.15) is 17.5 Å². The number of aromatic nitrogens is 2. The second-order valence-corrected chi connectivity index (χ2v) is 10.2. The minimum atomic E-state index is 0.0899. The SMILES string of the molecule is CCn1c(=O)/c(=C2\Sc3ccccc3N2C)s/c1=C\c1scc[n+]1Cc1ccccc1. The van der Waals surface area contributed by atoms with Gasteiger partial charge in [0.05, 0.1) is 17.1 Å². The first-order valence-electron chi connectivity index (χ1n) is 10.1. The molecule has 0 atom stereocenters. The number of nitrogens with zero attached hydrogens (tertiary/aromatic N) is 3. The van der Waals surface area contributed by atoms with Gasteiger partial charge in [0.2, 0.25) is 0 Å². The number of anilines is 1. The highest BCUT2D eigenvalue weighted by molar-refractivity contribution is 8.08. The normalized spacial score (nSPS) is 15.5. The van der Waals surface area contributed by atoms with Crippen molar-refractivity contribution in [2.75, 3.05) is 11.9 Å². The molecule has 0 unspecified atom stereocenters. The van der Waals surface area contributed by atoms with Crippen LogP contribution >= 0.6 is 34.4 Å². The number of rotatable bonds is 4. The highest BCUT2D eigenvalue weighted by Gasteiger charge is 2.24. The van der Waals surface area contributed by atoms with Crippen molar-refractivity contribution < 1.29 is 4.57 Å². The molecule has 0 amide bonds. The van der Waals surface area contributed by atoms with Crippen LogP contribution in [-0.4, -0.2) is 11.6 Å². The minimum absolute atomic E-state index is 0.0899. The molecule has 1 aliphatic heterocycles. The van der Waals surface area contributed by atoms with Crippen molar-refractivity contribution in [1.29, 1.82) is 0 Å². The second kappa shape index (κ2) is 8.49. The number of benzene rings is 2. The lowest BCUT2D eigenvalue weighted by atomic mass is 10.2. The van der Waals surface area contributed by atoms with E-state index in [9.17, 15) is 4.79 Å². The molecule has 0 N–H and O–H groups in total. The van der Waals surface area contributed by atoms with Crippen LogP contribution in [0.3, 0.4) is 0 Å². The third-order valence-electron chi connectivity index (χ3n) is 5.32. The number of thiazole rings is 2. The van der Waals surface area contributed by atoms with Gasteiger partial charge in [-0.25, -0.2) is 0 Å². The first-order chi connectivity index (χ1) is 15.2. The molecule has 31 heavy (non-hydrogen) atoms. The lowest BCUT2D eigenvalue weighted by Crippen LogP contribution is -2.36. The summed E-state index contributed by atoms with van der Waals surface area (Å²) in [7, 11) is 2.04. The van der Waals surface area contributed by atoms with E-state index in [1.807, 2.05) is 36.7 Å². The van der Waals surface area contributed by atoms with Gasteiger partial charge in [0.1, 0.15) is 14.2 Å². The van der Waals surface area contributed by atoms with Crippen LogP contribution in [0.15, 0.2) is 75.9 Å². The molecule has 5 rings (SSSR count). The van der Waals surface area contributed by atoms with Crippen molar-refractivity contribution in [3.05, 3.63) is 96.3 Å². The van der Waals surface area contributed by atoms with Gasteiger partial charge in [-0.2, -0.15) is 4.57 Å². The van der Waals surface area contributed by atoms with E-state index < -0.39 is 0 Å². The Hall–Kier alpha value is -2.61. The summed E-state index contributed by atoms with van der Waals surface area (Å²) in [5, 5.41) is 4.25. The predicted molar refractivity (Wildman–Crippen MR) is 131 cm³/mol. The van der Waals surface area contributed by atoms with E-state index in [1.165, 1.54) is 10.5 Å². The van der Waals surface area contributed by atoms with Crippen molar-refractivity contribution in [2.24, 2.45) is 0 Å². The standard InChI is InChI=1S/C24H22N3OS3/c1-3-27-21(15-20-26(13-14-29-20)16-17-9-5-4-6-10-17)31-22(23(27)28)24-25(2)18-11-7-8-12-19(18)30-24/h4-15H,3,16H2,1-2H3/q+1/b24-22+. The summed E-state index contributed by atoms with van der Waals surface area (Å²) in [5.74, 6) is 0. The Morgan fingerprint density at radius 1 is 1.06 bits per heavy atom. The van der Waals surface area contributed by atoms with E-state index in [-0.39, 0.29) is 5.56 Å². The van der Waals surface area contributed by atoms with Gasteiger partial charge in [0.25, 0.3) is 10.6 Å². The molecule has 156 valence electrons. The Kier molecular flexibility index (Phi) is 5.56. The molecule has 2 aromatic carbocycles. The summed E-state index contributed by atoms with van der Waals surface area (Å²) in [6, 6.07) is 18.8. The van der Waals surface area contributed by atoms with Crippen molar-refractivity contribution in [2.45, 2.75) is 24.9 Å². The number of para-hydroxylation sites is 1. The van der Waals surface area contributed by atoms with Crippen LogP contribution in [0, 0.1) is 0 Å². The van der Waals surface area contributed by atoms with Crippen LogP contribution < -0.4 is 24.2 Å². The summed E-state index contributed by atoms with van der Waals surface area (Å²) < 4.78 is 5.92. The number of thioether (sulfide) groups is 1. The fraction of sp³-hybridized carbons (Fsp3) is 0.167. The quantitative estimate of drug-likeness (QED) is 0.433. The van der Waals surface area contributed by atoms with Crippen molar-refractivity contribution in [1.82, 2.24) is 4.57 Å². The summed E-state index contributed by atoms with van der Waals surface area (Å²) in [4.78, 5) is 16.6. The topological polar surface area (TPSA) is 29.1 Å². The number of hydrogen-bond donors (Lipinski definition) is 0. The maximum absolute atomic E-state index is 13.3. The van der Waals surface area contributed by atoms with Gasteiger partial charge in [-0.1, -0.05) is 65.6 Å². The molecule has 0 radical (unpaired) electrons. The van der Waals surface area contributed by atoms with E-state index in [0.29, 0.717) is 6.54 Å². The van der Waals surface area contributed by atoms with Gasteiger partial charge >= 0.3 is 0 Å². The number of fused-ring (bicyclic) bond motifs is 1. The zero-order valence-electron chi connectivity index (χ0n) is 17.3. The Morgan fingerprint density at radius 2 is 1.84 bits per heavy atom. The highest BCUT2D eigenvalue weighted by Crippen LogP contribution is 2.44. The molecule has 7 heteroatoms. The molecule has 3 heterocycles. The lowest BCUT2D eigenvalue weighted by Gasteiger charge is -2.11. The van der Waals surface area contributed by atoms with Gasteiger partial charge in [-0.3, -0.25) is 9.36 Å². The van der Waals surface area contributed by atoms with E-state index in [2.05, 4.69) is 63.5 Å². The molecular weight excluding hydrogens is 442 g/mol. The fourth-order valence-electron chi connectivity index (χ4n) is 3.72. The molecule has 0 spiro atoms. The Morgan fingerprint density at radius 3 is 2.61 bits per heavy atom. The monoisotopic (exact) mass is 464 g/mol. The van der Waals surface area contributed by atoms with E-state index in [1.54, 1.807) is 34.4 Å². The van der Waals surface area contributed by atoms with E-state index in [4.69, 9.17) is 0 Å². The van der Waals surface area contributed by atoms with Crippen LogP contribution in [0.4, 0.5) is 5.69 Å². The third kappa shape index (κ3) is 3.78. The van der Waals surface area contributed by atoms with Gasteiger partial charge < -0.3 is 4.90 Å². The van der Waals surface area contributed by atoms with Gasteiger partial charge in [0, 0.05) is 24.1 Å². The van der Waals surface area contributed by atoms with Crippen molar-refractivity contribution >= 4 is 51.2 Å². The summed E-state index contributed by atoms with van der Waals surface area (Å²) in [6.07, 6.45) is 4.26. The Bertz CT molecular complexity index is 1420. The first-order valence-corrected chi connectivity index (χ1v) is 12.6. The summed E-state index contributed by atoms with van der Waals surface area (Å²) >= 11 is 4.96. The molecule has 0 saturated carbocycles. The molecule has 4 aromatic rings. The molecule has 1 aliphatic rings. The smallest absolute Gasteiger partial charge is 0.271 e. The first kappa shape index (κ1) is 20.3. The third-order valence-corrected chi connectivity index (χ3v) is 8.65. The van der Waals surface area contributed by atoms with Crippen LogP contribution in [0.2, 0.25) is 0 Å². The minimum Gasteiger partial charge on any atom is -0.337 e. The average Bonchev–Trinajstić information content (AvgIpc) is 3.45. The Balaban J connectivity index is 1.61. The molecular formula is C24H22N3OS3+. The van der Waals surface area contributed by atoms with Crippen LogP contribution in [-0.2, 0) is 13.1 Å². The van der Waals surface area contributed by atoms with Crippen LogP contribution in [0.25, 0.3) is 11.1 Å². The highest BCUT2D eigenvalue weighted by atomic mass is 32.2. The van der Waals surface area contributed by atoms with Crippen LogP contribution in [0.5, 0.6) is 0 Å². The van der Waals surface area contributed by atoms with E-state index >= 15 is 0 Å². The predicted octanol–water partition coefficient (Wildman–Crippen LogP) is 3.46. The number of hydrogen-bond acceptors (Lipinski definition) is 5. The lowest BCUT2D eigenvalue weighted by molar-refractivity contribution is -0.685. The van der Waals surface area contributed by atoms with Crippen molar-refractivity contribution in [3.8, 4) is 0 Å². The van der Waals surface area contributed by atoms with Gasteiger partial charge in [0.15, 0.2) is 12.7 Å². The average molecular weight is 465 g/mol. The zero-order valence-corrected chi connectivity index (χ0v) is 19.8. The molecule has 0 saturated heterocycles. The molecule has 0 aliphatic carbocycles. The summed E-state index contributed by atoms with van der Waals surface area (Å²) in [5.41, 5.74) is 2.51. The Labute approximate surface area is 193 Å². The van der Waals surface area contributed by atoms with Gasteiger partial charge in [-0.15, -0.1) is 11.3 Å². The molecule has 4 nitrogen and oxygen atoms in total. The zero-order chi connectivity index (χ0) is 21.4. The fourth-order valence-corrected chi connectivity index (χ4v) is 7.03. The molecule has 2 aromatic heterocycles. The second-order valence-electron chi connectivity index (χ2n) is 7.25. The molecule has 0 bridgehead atoms. The van der Waals surface area contributed by atoms with E-state index in [0.717, 1.165) is 31.5 Å². The molecule has 0 fully saturated rings. The maximum Gasteiger partial charge on any atom is 0.271 e. The largest absolute Gasteiger partial charge is 0.337 e. The van der Waals surface area contributed by atoms with Crippen molar-refractivity contribution in [3.63, 3.8) is 0 Å². The maximum atomic E-state index is 13.3. The van der Waals surface area contributed by atoms with Gasteiger partial charge in [-0.05, 0) is 19.1 Å². The summed E-state index contributed by atoms with van der Waals surface area (Å²) in [6.45, 7) is 3.50.